The third kappa shape index (κ3) is 5.51. The number of carbonyl (C=O) groups is 2. The molecule has 0 aromatic heterocycles. The Balaban J connectivity index is 1.46. The highest BCUT2D eigenvalue weighted by Crippen LogP contribution is 2.25. The Bertz CT molecular complexity index is 875. The van der Waals surface area contributed by atoms with E-state index in [0.717, 1.165) is 54.7 Å². The van der Waals surface area contributed by atoms with Crippen molar-refractivity contribution in [3.05, 3.63) is 42.0 Å². The summed E-state index contributed by atoms with van der Waals surface area (Å²) in [6, 6.07) is 11.9. The second-order valence-corrected chi connectivity index (χ2v) is 7.83. The Morgan fingerprint density at radius 1 is 1.03 bits per heavy atom. The maximum Gasteiger partial charge on any atom is 0.313 e. The number of amides is 1. The van der Waals surface area contributed by atoms with Gasteiger partial charge >= 0.3 is 5.97 Å². The molecule has 30 heavy (non-hydrogen) atoms. The molecule has 2 aromatic carbocycles. The molecule has 1 aliphatic heterocycles. The number of carbonyl (C=O) groups excluding carboxylic acids is 2. The molecule has 0 spiro atoms. The van der Waals surface area contributed by atoms with Crippen LogP contribution in [0.5, 0.6) is 5.75 Å². The predicted molar refractivity (Wildman–Crippen MR) is 118 cm³/mol. The quantitative estimate of drug-likeness (QED) is 0.622. The van der Waals surface area contributed by atoms with Crippen LogP contribution < -0.4 is 4.74 Å². The van der Waals surface area contributed by atoms with Crippen LogP contribution in [-0.4, -0.2) is 68.1 Å². The summed E-state index contributed by atoms with van der Waals surface area (Å²) in [5, 5.41) is 2.15. The van der Waals surface area contributed by atoms with Crippen LogP contribution in [0.25, 0.3) is 10.8 Å². The molecule has 162 valence electrons. The number of hydrogen-bond donors (Lipinski definition) is 0. The molecule has 1 aliphatic rings. The lowest BCUT2D eigenvalue weighted by molar-refractivity contribution is -0.145. The summed E-state index contributed by atoms with van der Waals surface area (Å²) in [6.45, 7) is 8.15. The van der Waals surface area contributed by atoms with E-state index in [4.69, 9.17) is 9.47 Å². The van der Waals surface area contributed by atoms with Crippen molar-refractivity contribution in [2.24, 2.45) is 0 Å². The molecule has 1 amide bonds. The van der Waals surface area contributed by atoms with E-state index in [2.05, 4.69) is 4.90 Å². The van der Waals surface area contributed by atoms with E-state index in [1.807, 2.05) is 55.1 Å². The van der Waals surface area contributed by atoms with Crippen LogP contribution in [0.2, 0.25) is 0 Å². The van der Waals surface area contributed by atoms with E-state index in [-0.39, 0.29) is 17.8 Å². The first kappa shape index (κ1) is 22.1. The Morgan fingerprint density at radius 3 is 2.43 bits per heavy atom. The van der Waals surface area contributed by atoms with E-state index in [1.165, 1.54) is 0 Å². The van der Waals surface area contributed by atoms with Gasteiger partial charge in [0.05, 0.1) is 13.0 Å². The molecule has 6 nitrogen and oxygen atoms in total. The van der Waals surface area contributed by atoms with Crippen molar-refractivity contribution in [3.8, 4) is 5.75 Å². The number of hydrogen-bond acceptors (Lipinski definition) is 5. The third-order valence-corrected chi connectivity index (χ3v) is 5.77. The summed E-state index contributed by atoms with van der Waals surface area (Å²) in [4.78, 5) is 28.7. The van der Waals surface area contributed by atoms with Crippen LogP contribution >= 0.6 is 0 Å². The minimum absolute atomic E-state index is 0.209. The molecule has 2 aromatic rings. The minimum atomic E-state index is -0.319. The molecule has 6 heteroatoms. The van der Waals surface area contributed by atoms with Crippen molar-refractivity contribution in [1.29, 1.82) is 0 Å². The van der Waals surface area contributed by atoms with Crippen LogP contribution in [-0.2, 0) is 14.3 Å². The SMILES string of the molecule is CCCC(=O)N1CCN(CCOC(=O)[C@@H](C)c2ccc3cc(OC)ccc3c2)CC1. The Hall–Kier alpha value is -2.60. The summed E-state index contributed by atoms with van der Waals surface area (Å²) in [7, 11) is 1.65. The third-order valence-electron chi connectivity index (χ3n) is 5.77. The largest absolute Gasteiger partial charge is 0.497 e. The van der Waals surface area contributed by atoms with Crippen LogP contribution in [0.15, 0.2) is 36.4 Å². The van der Waals surface area contributed by atoms with E-state index < -0.39 is 0 Å². The van der Waals surface area contributed by atoms with Gasteiger partial charge in [-0.2, -0.15) is 0 Å². The Labute approximate surface area is 178 Å². The van der Waals surface area contributed by atoms with Crippen molar-refractivity contribution >= 4 is 22.6 Å². The fourth-order valence-corrected chi connectivity index (χ4v) is 3.77. The second-order valence-electron chi connectivity index (χ2n) is 7.83. The lowest BCUT2D eigenvalue weighted by Crippen LogP contribution is -2.49. The second kappa shape index (κ2) is 10.4. The maximum atomic E-state index is 12.5. The van der Waals surface area contributed by atoms with Gasteiger partial charge in [0, 0.05) is 39.1 Å². The molecule has 0 aliphatic carbocycles. The highest BCUT2D eigenvalue weighted by molar-refractivity contribution is 5.86. The summed E-state index contributed by atoms with van der Waals surface area (Å²) in [5.74, 6) is 0.532. The van der Waals surface area contributed by atoms with Crippen molar-refractivity contribution in [2.45, 2.75) is 32.6 Å². The number of methoxy groups -OCH3 is 1. The first-order valence-electron chi connectivity index (χ1n) is 10.8. The molecule has 0 bridgehead atoms. The van der Waals surface area contributed by atoms with Crippen molar-refractivity contribution in [2.75, 3.05) is 46.4 Å². The van der Waals surface area contributed by atoms with Gasteiger partial charge in [0.15, 0.2) is 0 Å². The van der Waals surface area contributed by atoms with Crippen LogP contribution in [0.3, 0.4) is 0 Å². The first-order chi connectivity index (χ1) is 14.5. The smallest absolute Gasteiger partial charge is 0.313 e. The van der Waals surface area contributed by atoms with Gasteiger partial charge in [-0.25, -0.2) is 0 Å². The van der Waals surface area contributed by atoms with Gasteiger partial charge in [-0.1, -0.05) is 31.2 Å². The van der Waals surface area contributed by atoms with Crippen LogP contribution in [0.4, 0.5) is 0 Å². The number of fused-ring (bicyclic) bond motifs is 1. The normalized spacial score (nSPS) is 15.8. The molecule has 1 atom stereocenters. The van der Waals surface area contributed by atoms with Crippen molar-refractivity contribution < 1.29 is 19.1 Å². The molecular formula is C24H32N2O4. The number of rotatable bonds is 8. The first-order valence-corrected chi connectivity index (χ1v) is 10.8. The standard InChI is InChI=1S/C24H32N2O4/c1-4-5-23(27)26-12-10-25(11-13-26)14-15-30-24(28)18(2)19-6-7-21-17-22(29-3)9-8-20(21)16-19/h6-9,16-18H,4-5,10-15H2,1-3H3/t18-/m0/s1. The highest BCUT2D eigenvalue weighted by Gasteiger charge is 2.21. The van der Waals surface area contributed by atoms with Crippen molar-refractivity contribution in [3.63, 3.8) is 0 Å². The minimum Gasteiger partial charge on any atom is -0.497 e. The zero-order valence-electron chi connectivity index (χ0n) is 18.2. The van der Waals surface area contributed by atoms with E-state index in [1.54, 1.807) is 7.11 Å². The van der Waals surface area contributed by atoms with E-state index >= 15 is 0 Å². The average molecular weight is 413 g/mol. The number of nitrogens with zero attached hydrogens (tertiary/aromatic N) is 2. The molecule has 0 radical (unpaired) electrons. The summed E-state index contributed by atoms with van der Waals surface area (Å²) < 4.78 is 10.8. The highest BCUT2D eigenvalue weighted by atomic mass is 16.5. The zero-order chi connectivity index (χ0) is 21.5. The summed E-state index contributed by atoms with van der Waals surface area (Å²) in [5.41, 5.74) is 0.945. The van der Waals surface area contributed by atoms with Gasteiger partial charge in [-0.15, -0.1) is 0 Å². The fourth-order valence-electron chi connectivity index (χ4n) is 3.77. The molecule has 0 N–H and O–H groups in total. The molecule has 0 unspecified atom stereocenters. The average Bonchev–Trinajstić information content (AvgIpc) is 2.78. The van der Waals surface area contributed by atoms with Gasteiger partial charge < -0.3 is 14.4 Å². The van der Waals surface area contributed by atoms with Gasteiger partial charge in [0.25, 0.3) is 0 Å². The topological polar surface area (TPSA) is 59.1 Å². The van der Waals surface area contributed by atoms with E-state index in [0.29, 0.717) is 19.6 Å². The van der Waals surface area contributed by atoms with Crippen LogP contribution in [0.1, 0.15) is 38.2 Å². The predicted octanol–water partition coefficient (Wildman–Crippen LogP) is 3.44. The molecular weight excluding hydrogens is 380 g/mol. The lowest BCUT2D eigenvalue weighted by atomic mass is 9.98. The zero-order valence-corrected chi connectivity index (χ0v) is 18.2. The molecule has 1 heterocycles. The molecule has 0 saturated carbocycles. The van der Waals surface area contributed by atoms with Gasteiger partial charge in [-0.05, 0) is 41.8 Å². The van der Waals surface area contributed by atoms with E-state index in [9.17, 15) is 9.59 Å². The fraction of sp³-hybridized carbons (Fsp3) is 0.500. The molecule has 1 fully saturated rings. The van der Waals surface area contributed by atoms with Gasteiger partial charge in [-0.3, -0.25) is 14.5 Å². The lowest BCUT2D eigenvalue weighted by Gasteiger charge is -2.34. The number of ether oxygens (including phenoxy) is 2. The number of esters is 1. The molecule has 1 saturated heterocycles. The monoisotopic (exact) mass is 412 g/mol. The van der Waals surface area contributed by atoms with Gasteiger partial charge in [0.2, 0.25) is 5.91 Å². The molecule has 3 rings (SSSR count). The van der Waals surface area contributed by atoms with Gasteiger partial charge in [0.1, 0.15) is 12.4 Å². The van der Waals surface area contributed by atoms with Crippen molar-refractivity contribution in [1.82, 2.24) is 9.80 Å². The number of benzene rings is 2. The Kier molecular flexibility index (Phi) is 7.69. The summed E-state index contributed by atoms with van der Waals surface area (Å²) >= 11 is 0. The Morgan fingerprint density at radius 2 is 1.73 bits per heavy atom. The van der Waals surface area contributed by atoms with Crippen LogP contribution in [0, 0.1) is 0 Å². The maximum absolute atomic E-state index is 12.5. The summed E-state index contributed by atoms with van der Waals surface area (Å²) in [6.07, 6.45) is 1.51. The number of piperazine rings is 1.